The van der Waals surface area contributed by atoms with Gasteiger partial charge in [0.1, 0.15) is 0 Å². The van der Waals surface area contributed by atoms with Crippen LogP contribution in [0, 0.1) is 0 Å². The van der Waals surface area contributed by atoms with Crippen molar-refractivity contribution in [1.29, 1.82) is 0 Å². The van der Waals surface area contributed by atoms with Crippen molar-refractivity contribution in [2.24, 2.45) is 0 Å². The third-order valence-corrected chi connectivity index (χ3v) is 3.13. The van der Waals surface area contributed by atoms with E-state index in [0.717, 1.165) is 11.5 Å². The number of Topliss-reactive ketones (excluding diaryl/α,β-unsaturated/α-hetero) is 1. The molecule has 0 N–H and O–H groups in total. The highest BCUT2D eigenvalue weighted by molar-refractivity contribution is 6.37. The van der Waals surface area contributed by atoms with Gasteiger partial charge in [0.15, 0.2) is 0 Å². The number of alkyl halides is 1. The lowest BCUT2D eigenvalue weighted by atomic mass is 10.0. The minimum absolute atomic E-state index is 0.0831. The molecule has 2 rings (SSSR count). The molecule has 18 heavy (non-hydrogen) atoms. The van der Waals surface area contributed by atoms with Gasteiger partial charge in [0.25, 0.3) is 0 Å². The van der Waals surface area contributed by atoms with Gasteiger partial charge < -0.3 is 0 Å². The number of aromatic nitrogens is 2. The average Bonchev–Trinajstić information content (AvgIpc) is 2.82. The summed E-state index contributed by atoms with van der Waals surface area (Å²) < 4.78 is 15.6. The summed E-state index contributed by atoms with van der Waals surface area (Å²) in [7, 11) is 0. The molecule has 0 aliphatic heterocycles. The van der Waals surface area contributed by atoms with Crippen molar-refractivity contribution in [1.82, 2.24) is 9.55 Å². The van der Waals surface area contributed by atoms with E-state index in [1.807, 2.05) is 0 Å². The molecule has 6 heteroatoms. The lowest BCUT2D eigenvalue weighted by Crippen LogP contribution is -2.33. The SMILES string of the molecule is CC(F)(C(=O)c1ccc(Cl)cc1Cl)n1ccnc1. The Labute approximate surface area is 113 Å². The molecule has 1 atom stereocenters. The van der Waals surface area contributed by atoms with Gasteiger partial charge in [-0.1, -0.05) is 23.2 Å². The number of rotatable bonds is 3. The minimum atomic E-state index is -2.24. The first-order valence-corrected chi connectivity index (χ1v) is 5.85. The maximum absolute atomic E-state index is 14.5. The number of benzene rings is 1. The van der Waals surface area contributed by atoms with Crippen molar-refractivity contribution in [3.63, 3.8) is 0 Å². The number of halogens is 3. The van der Waals surface area contributed by atoms with Crippen molar-refractivity contribution < 1.29 is 9.18 Å². The summed E-state index contributed by atoms with van der Waals surface area (Å²) >= 11 is 11.6. The molecule has 94 valence electrons. The van der Waals surface area contributed by atoms with Crippen molar-refractivity contribution in [3.05, 3.63) is 52.5 Å². The van der Waals surface area contributed by atoms with Gasteiger partial charge in [-0.2, -0.15) is 0 Å². The molecule has 0 saturated carbocycles. The fraction of sp³-hybridized carbons (Fsp3) is 0.167. The van der Waals surface area contributed by atoms with Crippen molar-refractivity contribution in [2.45, 2.75) is 12.7 Å². The van der Waals surface area contributed by atoms with E-state index in [2.05, 4.69) is 4.98 Å². The van der Waals surface area contributed by atoms with Crippen molar-refractivity contribution in [3.8, 4) is 0 Å². The predicted molar refractivity (Wildman–Crippen MR) is 67.8 cm³/mol. The van der Waals surface area contributed by atoms with Gasteiger partial charge in [0.2, 0.25) is 11.6 Å². The number of imidazole rings is 1. The average molecular weight is 287 g/mol. The van der Waals surface area contributed by atoms with Crippen LogP contribution in [0.3, 0.4) is 0 Å². The molecule has 1 aromatic carbocycles. The molecule has 0 aliphatic carbocycles. The maximum Gasteiger partial charge on any atom is 0.247 e. The molecular formula is C12H9Cl2FN2O. The van der Waals surface area contributed by atoms with Crippen LogP contribution in [0.2, 0.25) is 10.0 Å². The maximum atomic E-state index is 14.5. The third kappa shape index (κ3) is 2.26. The Hall–Kier alpha value is -1.39. The smallest absolute Gasteiger partial charge is 0.247 e. The fourth-order valence-corrected chi connectivity index (χ4v) is 2.04. The van der Waals surface area contributed by atoms with Crippen LogP contribution in [0.5, 0.6) is 0 Å². The quantitative estimate of drug-likeness (QED) is 0.806. The Morgan fingerprint density at radius 2 is 2.17 bits per heavy atom. The zero-order valence-corrected chi connectivity index (χ0v) is 10.9. The van der Waals surface area contributed by atoms with Gasteiger partial charge in [0, 0.05) is 23.0 Å². The number of carbonyl (C=O) groups is 1. The van der Waals surface area contributed by atoms with Crippen LogP contribution in [0.1, 0.15) is 17.3 Å². The van der Waals surface area contributed by atoms with Crippen LogP contribution < -0.4 is 0 Å². The van der Waals surface area contributed by atoms with Gasteiger partial charge in [-0.25, -0.2) is 9.37 Å². The molecule has 2 aromatic rings. The lowest BCUT2D eigenvalue weighted by Gasteiger charge is -2.20. The van der Waals surface area contributed by atoms with Gasteiger partial charge in [-0.05, 0) is 25.1 Å². The van der Waals surface area contributed by atoms with Crippen LogP contribution in [-0.2, 0) is 5.79 Å². The van der Waals surface area contributed by atoms with E-state index in [1.54, 1.807) is 0 Å². The molecule has 0 saturated heterocycles. The highest BCUT2D eigenvalue weighted by Gasteiger charge is 2.36. The molecular weight excluding hydrogens is 278 g/mol. The second kappa shape index (κ2) is 4.71. The summed E-state index contributed by atoms with van der Waals surface area (Å²) in [6.45, 7) is 1.15. The topological polar surface area (TPSA) is 34.9 Å². The Morgan fingerprint density at radius 1 is 1.44 bits per heavy atom. The number of carbonyl (C=O) groups excluding carboxylic acids is 1. The molecule has 1 unspecified atom stereocenters. The predicted octanol–water partition coefficient (Wildman–Crippen LogP) is 3.72. The molecule has 1 aromatic heterocycles. The Bertz CT molecular complexity index is 582. The summed E-state index contributed by atoms with van der Waals surface area (Å²) in [5, 5.41) is 0.510. The largest absolute Gasteiger partial charge is 0.298 e. The van der Waals surface area contributed by atoms with Gasteiger partial charge in [-0.3, -0.25) is 9.36 Å². The Morgan fingerprint density at radius 3 is 2.72 bits per heavy atom. The first-order chi connectivity index (χ1) is 8.43. The van der Waals surface area contributed by atoms with E-state index in [9.17, 15) is 9.18 Å². The zero-order chi connectivity index (χ0) is 13.3. The second-order valence-electron chi connectivity index (χ2n) is 3.88. The van der Waals surface area contributed by atoms with Crippen LogP contribution in [0.4, 0.5) is 4.39 Å². The Kier molecular flexibility index (Phi) is 3.41. The monoisotopic (exact) mass is 286 g/mol. The van der Waals surface area contributed by atoms with Gasteiger partial charge in [-0.15, -0.1) is 0 Å². The number of nitrogens with zero attached hydrogens (tertiary/aromatic N) is 2. The van der Waals surface area contributed by atoms with Crippen LogP contribution in [0.15, 0.2) is 36.9 Å². The highest BCUT2D eigenvalue weighted by Crippen LogP contribution is 2.29. The fourth-order valence-electron chi connectivity index (χ4n) is 1.54. The molecule has 0 fully saturated rings. The Balaban J connectivity index is 2.42. The minimum Gasteiger partial charge on any atom is -0.298 e. The molecule has 0 amide bonds. The van der Waals surface area contributed by atoms with Gasteiger partial charge >= 0.3 is 0 Å². The van der Waals surface area contributed by atoms with E-state index in [0.29, 0.717) is 5.02 Å². The van der Waals surface area contributed by atoms with Crippen LogP contribution in [-0.4, -0.2) is 15.3 Å². The summed E-state index contributed by atoms with van der Waals surface area (Å²) in [6, 6.07) is 4.30. The summed E-state index contributed by atoms with van der Waals surface area (Å²) in [5.74, 6) is -2.99. The van der Waals surface area contributed by atoms with E-state index >= 15 is 0 Å². The molecule has 0 aliphatic rings. The number of hydrogen-bond acceptors (Lipinski definition) is 2. The molecule has 1 heterocycles. The first-order valence-electron chi connectivity index (χ1n) is 5.10. The second-order valence-corrected chi connectivity index (χ2v) is 4.72. The molecule has 3 nitrogen and oxygen atoms in total. The zero-order valence-electron chi connectivity index (χ0n) is 9.40. The van der Waals surface area contributed by atoms with E-state index in [-0.39, 0.29) is 10.6 Å². The summed E-state index contributed by atoms with van der Waals surface area (Å²) in [6.07, 6.45) is 4.01. The number of hydrogen-bond donors (Lipinski definition) is 0. The normalized spacial score (nSPS) is 14.2. The number of ketones is 1. The third-order valence-electron chi connectivity index (χ3n) is 2.58. The van der Waals surface area contributed by atoms with Crippen molar-refractivity contribution in [2.75, 3.05) is 0 Å². The highest BCUT2D eigenvalue weighted by atomic mass is 35.5. The first kappa shape index (κ1) is 13.1. The van der Waals surface area contributed by atoms with Crippen LogP contribution >= 0.6 is 23.2 Å². The molecule has 0 bridgehead atoms. The lowest BCUT2D eigenvalue weighted by molar-refractivity contribution is 0.0511. The summed E-state index contributed by atoms with van der Waals surface area (Å²) in [4.78, 5) is 15.9. The van der Waals surface area contributed by atoms with E-state index in [1.165, 1.54) is 36.9 Å². The van der Waals surface area contributed by atoms with Crippen LogP contribution in [0.25, 0.3) is 0 Å². The standard InChI is InChI=1S/C12H9Cl2FN2O/c1-12(15,17-5-4-16-7-17)11(18)9-3-2-8(13)6-10(9)14/h2-7H,1H3. The van der Waals surface area contributed by atoms with Gasteiger partial charge in [0.05, 0.1) is 11.3 Å². The molecule has 0 radical (unpaired) electrons. The summed E-state index contributed by atoms with van der Waals surface area (Å²) in [5.41, 5.74) is 0.0831. The van der Waals surface area contributed by atoms with Crippen molar-refractivity contribution >= 4 is 29.0 Å². The molecule has 0 spiro atoms. The van der Waals surface area contributed by atoms with E-state index < -0.39 is 11.6 Å². The van der Waals surface area contributed by atoms with E-state index in [4.69, 9.17) is 23.2 Å².